The second kappa shape index (κ2) is 8.77. The van der Waals surface area contributed by atoms with Gasteiger partial charge in [0, 0.05) is 6.54 Å². The lowest BCUT2D eigenvalue weighted by atomic mass is 10.1. The summed E-state index contributed by atoms with van der Waals surface area (Å²) in [4.78, 5) is 10.3. The van der Waals surface area contributed by atoms with Gasteiger partial charge in [-0.15, -0.1) is 0 Å². The minimum atomic E-state index is -4.16. The van der Waals surface area contributed by atoms with E-state index < -0.39 is 26.7 Å². The van der Waals surface area contributed by atoms with E-state index in [1.54, 1.807) is 0 Å². The first-order valence-corrected chi connectivity index (χ1v) is 9.56. The number of aromatic carboxylic acids is 1. The van der Waals surface area contributed by atoms with E-state index in [0.29, 0.717) is 18.8 Å². The molecule has 0 aliphatic carbocycles. The van der Waals surface area contributed by atoms with Gasteiger partial charge in [-0.25, -0.2) is 22.3 Å². The van der Waals surface area contributed by atoms with Crippen LogP contribution in [0.2, 0.25) is 0 Å². The normalized spacial score (nSPS) is 11.3. The van der Waals surface area contributed by atoms with E-state index in [0.717, 1.165) is 30.2 Å². The molecule has 0 spiro atoms. The van der Waals surface area contributed by atoms with Crippen molar-refractivity contribution in [2.75, 3.05) is 13.2 Å². The first-order chi connectivity index (χ1) is 12.3. The van der Waals surface area contributed by atoms with E-state index >= 15 is 0 Å². The van der Waals surface area contributed by atoms with Crippen LogP contribution >= 0.6 is 0 Å². The predicted octanol–water partition coefficient (Wildman–Crippen LogP) is 2.83. The molecule has 0 heterocycles. The van der Waals surface area contributed by atoms with Gasteiger partial charge in [0.25, 0.3) is 0 Å². The molecule has 8 heteroatoms. The monoisotopic (exact) mass is 381 g/mol. The number of hydrogen-bond donors (Lipinski definition) is 2. The lowest BCUT2D eigenvalue weighted by molar-refractivity contribution is 0.0696. The Labute approximate surface area is 151 Å². The van der Waals surface area contributed by atoms with Crippen LogP contribution in [0.25, 0.3) is 0 Å². The molecule has 6 nitrogen and oxygen atoms in total. The zero-order valence-electron chi connectivity index (χ0n) is 14.2. The topological polar surface area (TPSA) is 92.7 Å². The van der Waals surface area contributed by atoms with Crippen molar-refractivity contribution in [2.24, 2.45) is 0 Å². The summed E-state index contributed by atoms with van der Waals surface area (Å²) in [5.74, 6) is -1.63. The highest BCUT2D eigenvalue weighted by atomic mass is 32.2. The highest BCUT2D eigenvalue weighted by Crippen LogP contribution is 2.17. The zero-order chi connectivity index (χ0) is 19.2. The van der Waals surface area contributed by atoms with E-state index in [1.807, 2.05) is 31.2 Å². The Kier molecular flexibility index (Phi) is 6.70. The van der Waals surface area contributed by atoms with Gasteiger partial charge in [0.2, 0.25) is 10.0 Å². The molecule has 2 N–H and O–H groups in total. The Morgan fingerprint density at radius 2 is 2.00 bits per heavy atom. The molecule has 26 heavy (non-hydrogen) atoms. The van der Waals surface area contributed by atoms with Crippen molar-refractivity contribution in [1.29, 1.82) is 0 Å². The van der Waals surface area contributed by atoms with Crippen LogP contribution in [0.5, 0.6) is 5.75 Å². The highest BCUT2D eigenvalue weighted by molar-refractivity contribution is 7.89. The van der Waals surface area contributed by atoms with Gasteiger partial charge in [0.15, 0.2) is 0 Å². The molecule has 2 rings (SSSR count). The maximum atomic E-state index is 13.8. The van der Waals surface area contributed by atoms with Gasteiger partial charge >= 0.3 is 5.97 Å². The fraction of sp³-hybridized carbons (Fsp3) is 0.278. The Balaban J connectivity index is 2.05. The summed E-state index contributed by atoms with van der Waals surface area (Å²) in [5, 5.41) is 8.93. The summed E-state index contributed by atoms with van der Waals surface area (Å²) in [6.07, 6.45) is 1.26. The van der Waals surface area contributed by atoms with Crippen molar-refractivity contribution in [2.45, 2.75) is 24.7 Å². The standard InChI is InChI=1S/C18H20FNO5S/c1-2-10-25-15-5-3-4-13(11-15)8-9-20-26(23,24)17-12-14(18(21)22)6-7-16(17)19/h3-7,11-12,20H,2,8-10H2,1H3,(H,21,22). The van der Waals surface area contributed by atoms with E-state index in [9.17, 15) is 17.6 Å². The third kappa shape index (κ3) is 5.27. The second-order valence-corrected chi connectivity index (χ2v) is 7.33. The molecule has 2 aromatic rings. The van der Waals surface area contributed by atoms with Crippen LogP contribution in [-0.4, -0.2) is 32.6 Å². The molecular formula is C18H20FNO5S. The van der Waals surface area contributed by atoms with Crippen molar-refractivity contribution in [1.82, 2.24) is 4.72 Å². The summed E-state index contributed by atoms with van der Waals surface area (Å²) < 4.78 is 46.1. The smallest absolute Gasteiger partial charge is 0.335 e. The zero-order valence-corrected chi connectivity index (χ0v) is 15.1. The summed E-state index contributed by atoms with van der Waals surface area (Å²) in [6, 6.07) is 9.92. The summed E-state index contributed by atoms with van der Waals surface area (Å²) >= 11 is 0. The van der Waals surface area contributed by atoms with Crippen LogP contribution < -0.4 is 9.46 Å². The molecule has 2 aromatic carbocycles. The molecule has 0 saturated carbocycles. The average molecular weight is 381 g/mol. The number of benzene rings is 2. The molecule has 0 saturated heterocycles. The van der Waals surface area contributed by atoms with E-state index in [2.05, 4.69) is 4.72 Å². The molecule has 0 radical (unpaired) electrons. The van der Waals surface area contributed by atoms with Gasteiger partial charge in [0.05, 0.1) is 12.2 Å². The number of ether oxygens (including phenoxy) is 1. The largest absolute Gasteiger partial charge is 0.494 e. The first-order valence-electron chi connectivity index (χ1n) is 8.07. The van der Waals surface area contributed by atoms with Gasteiger partial charge in [-0.05, 0) is 48.7 Å². The second-order valence-electron chi connectivity index (χ2n) is 5.59. The Hall–Kier alpha value is -2.45. The van der Waals surface area contributed by atoms with Crippen LogP contribution in [0.1, 0.15) is 29.3 Å². The van der Waals surface area contributed by atoms with Gasteiger partial charge in [-0.3, -0.25) is 0 Å². The number of nitrogens with one attached hydrogen (secondary N) is 1. The van der Waals surface area contributed by atoms with E-state index in [-0.39, 0.29) is 12.1 Å². The SMILES string of the molecule is CCCOc1cccc(CCNS(=O)(=O)c2cc(C(=O)O)ccc2F)c1. The molecule has 0 aliphatic heterocycles. The summed E-state index contributed by atoms with van der Waals surface area (Å²) in [5.41, 5.74) is 0.564. The fourth-order valence-electron chi connectivity index (χ4n) is 2.26. The number of hydrogen-bond acceptors (Lipinski definition) is 4. The number of carboxylic acids is 1. The third-order valence-corrected chi connectivity index (χ3v) is 5.02. The average Bonchev–Trinajstić information content (AvgIpc) is 2.60. The van der Waals surface area contributed by atoms with Gasteiger partial charge in [-0.1, -0.05) is 19.1 Å². The van der Waals surface area contributed by atoms with Crippen LogP contribution in [0, 0.1) is 5.82 Å². The Morgan fingerprint density at radius 1 is 1.23 bits per heavy atom. The van der Waals surface area contributed by atoms with Crippen LogP contribution in [-0.2, 0) is 16.4 Å². The molecule has 0 unspecified atom stereocenters. The lowest BCUT2D eigenvalue weighted by Gasteiger charge is -2.10. The minimum Gasteiger partial charge on any atom is -0.494 e. The van der Waals surface area contributed by atoms with Crippen molar-refractivity contribution in [3.8, 4) is 5.75 Å². The van der Waals surface area contributed by atoms with Crippen molar-refractivity contribution < 1.29 is 27.4 Å². The maximum absolute atomic E-state index is 13.8. The summed E-state index contributed by atoms with van der Waals surface area (Å²) in [6.45, 7) is 2.63. The molecule has 0 aliphatic rings. The van der Waals surface area contributed by atoms with Crippen molar-refractivity contribution >= 4 is 16.0 Å². The van der Waals surface area contributed by atoms with Gasteiger partial charge in [-0.2, -0.15) is 0 Å². The van der Waals surface area contributed by atoms with Crippen LogP contribution in [0.15, 0.2) is 47.4 Å². The molecule has 140 valence electrons. The Bertz CT molecular complexity index is 883. The number of carboxylic acid groups (broad SMARTS) is 1. The Morgan fingerprint density at radius 3 is 2.69 bits per heavy atom. The van der Waals surface area contributed by atoms with Gasteiger partial charge < -0.3 is 9.84 Å². The maximum Gasteiger partial charge on any atom is 0.335 e. The molecule has 0 amide bonds. The minimum absolute atomic E-state index is 0.0380. The van der Waals surface area contributed by atoms with E-state index in [4.69, 9.17) is 9.84 Å². The fourth-order valence-corrected chi connectivity index (χ4v) is 3.39. The van der Waals surface area contributed by atoms with Crippen molar-refractivity contribution in [3.63, 3.8) is 0 Å². The van der Waals surface area contributed by atoms with Gasteiger partial charge in [0.1, 0.15) is 16.5 Å². The van der Waals surface area contributed by atoms with E-state index in [1.165, 1.54) is 0 Å². The highest BCUT2D eigenvalue weighted by Gasteiger charge is 2.20. The lowest BCUT2D eigenvalue weighted by Crippen LogP contribution is -2.27. The number of rotatable bonds is 9. The number of halogens is 1. The molecule has 0 aromatic heterocycles. The van der Waals surface area contributed by atoms with Crippen LogP contribution in [0.4, 0.5) is 4.39 Å². The quantitative estimate of drug-likeness (QED) is 0.697. The first kappa shape index (κ1) is 19.9. The molecule has 0 atom stereocenters. The van der Waals surface area contributed by atoms with Crippen LogP contribution in [0.3, 0.4) is 0 Å². The summed E-state index contributed by atoms with van der Waals surface area (Å²) in [7, 11) is -4.16. The molecular weight excluding hydrogens is 361 g/mol. The molecule has 0 fully saturated rings. The number of carbonyl (C=O) groups is 1. The predicted molar refractivity (Wildman–Crippen MR) is 94.5 cm³/mol. The number of sulfonamides is 1. The van der Waals surface area contributed by atoms with Crippen molar-refractivity contribution in [3.05, 3.63) is 59.4 Å². The molecule has 0 bridgehead atoms. The third-order valence-electron chi connectivity index (χ3n) is 3.54.